The third-order valence-corrected chi connectivity index (χ3v) is 3.02. The maximum Gasteiger partial charge on any atom is 0.145 e. The van der Waals surface area contributed by atoms with Crippen molar-refractivity contribution in [3.8, 4) is 0 Å². The van der Waals surface area contributed by atoms with Crippen LogP contribution in [0, 0.1) is 6.92 Å². The maximum atomic E-state index is 5.16. The summed E-state index contributed by atoms with van der Waals surface area (Å²) in [6.45, 7) is 4.53. The third-order valence-electron chi connectivity index (χ3n) is 2.24. The highest BCUT2D eigenvalue weighted by Gasteiger charge is 2.10. The van der Waals surface area contributed by atoms with Gasteiger partial charge in [0.15, 0.2) is 0 Å². The SMILES string of the molecule is CCO/N=C(\c1ccc(C)cc1)c1nccs1. The molecule has 0 aliphatic heterocycles. The van der Waals surface area contributed by atoms with Crippen molar-refractivity contribution in [1.82, 2.24) is 4.98 Å². The highest BCUT2D eigenvalue weighted by molar-refractivity contribution is 7.11. The van der Waals surface area contributed by atoms with Gasteiger partial charge in [0.25, 0.3) is 0 Å². The second-order valence-corrected chi connectivity index (χ2v) is 4.46. The van der Waals surface area contributed by atoms with Crippen LogP contribution in [0.15, 0.2) is 41.0 Å². The molecule has 88 valence electrons. The largest absolute Gasteiger partial charge is 0.396 e. The molecular formula is C13H14N2OS. The molecule has 0 saturated carbocycles. The van der Waals surface area contributed by atoms with E-state index in [1.54, 1.807) is 17.5 Å². The quantitative estimate of drug-likeness (QED) is 0.613. The lowest BCUT2D eigenvalue weighted by Gasteiger charge is -2.03. The van der Waals surface area contributed by atoms with Crippen LogP contribution >= 0.6 is 11.3 Å². The molecule has 0 aliphatic rings. The van der Waals surface area contributed by atoms with Crippen molar-refractivity contribution in [2.24, 2.45) is 5.16 Å². The minimum atomic E-state index is 0.556. The van der Waals surface area contributed by atoms with Crippen molar-refractivity contribution in [3.63, 3.8) is 0 Å². The maximum absolute atomic E-state index is 5.16. The van der Waals surface area contributed by atoms with E-state index in [1.807, 2.05) is 24.4 Å². The van der Waals surface area contributed by atoms with Crippen molar-refractivity contribution in [2.45, 2.75) is 13.8 Å². The lowest BCUT2D eigenvalue weighted by atomic mass is 10.1. The molecule has 0 bridgehead atoms. The molecule has 3 nitrogen and oxygen atoms in total. The topological polar surface area (TPSA) is 34.5 Å². The van der Waals surface area contributed by atoms with Gasteiger partial charge in [-0.15, -0.1) is 11.3 Å². The van der Waals surface area contributed by atoms with E-state index < -0.39 is 0 Å². The molecule has 0 amide bonds. The van der Waals surface area contributed by atoms with E-state index >= 15 is 0 Å². The second kappa shape index (κ2) is 5.59. The van der Waals surface area contributed by atoms with Crippen LogP contribution in [0.25, 0.3) is 0 Å². The first-order valence-corrected chi connectivity index (χ1v) is 6.36. The predicted molar refractivity (Wildman–Crippen MR) is 70.6 cm³/mol. The number of hydrogen-bond donors (Lipinski definition) is 0. The van der Waals surface area contributed by atoms with Gasteiger partial charge >= 0.3 is 0 Å². The summed E-state index contributed by atoms with van der Waals surface area (Å²) in [5, 5.41) is 6.96. The molecule has 2 aromatic rings. The summed E-state index contributed by atoms with van der Waals surface area (Å²) in [5.41, 5.74) is 3.05. The molecule has 1 heterocycles. The van der Waals surface area contributed by atoms with Crippen LogP contribution in [0.3, 0.4) is 0 Å². The van der Waals surface area contributed by atoms with Crippen LogP contribution in [-0.2, 0) is 4.84 Å². The Morgan fingerprint density at radius 3 is 2.71 bits per heavy atom. The molecule has 0 unspecified atom stereocenters. The molecule has 0 saturated heterocycles. The molecule has 0 atom stereocenters. The lowest BCUT2D eigenvalue weighted by Crippen LogP contribution is -2.04. The summed E-state index contributed by atoms with van der Waals surface area (Å²) in [4.78, 5) is 9.43. The highest BCUT2D eigenvalue weighted by atomic mass is 32.1. The fraction of sp³-hybridized carbons (Fsp3) is 0.231. The number of aromatic nitrogens is 1. The molecular weight excluding hydrogens is 232 g/mol. The number of nitrogens with zero attached hydrogens (tertiary/aromatic N) is 2. The summed E-state index contributed by atoms with van der Waals surface area (Å²) in [6, 6.07) is 8.19. The van der Waals surface area contributed by atoms with Crippen molar-refractivity contribution in [1.29, 1.82) is 0 Å². The zero-order valence-corrected chi connectivity index (χ0v) is 10.7. The fourth-order valence-electron chi connectivity index (χ4n) is 1.40. The summed E-state index contributed by atoms with van der Waals surface area (Å²) >= 11 is 1.56. The van der Waals surface area contributed by atoms with Crippen LogP contribution < -0.4 is 0 Å². The highest BCUT2D eigenvalue weighted by Crippen LogP contribution is 2.14. The Labute approximate surface area is 105 Å². The minimum absolute atomic E-state index is 0.556. The molecule has 17 heavy (non-hydrogen) atoms. The van der Waals surface area contributed by atoms with Gasteiger partial charge in [-0.1, -0.05) is 35.0 Å². The van der Waals surface area contributed by atoms with E-state index in [9.17, 15) is 0 Å². The summed E-state index contributed by atoms with van der Waals surface area (Å²) in [5.74, 6) is 0. The lowest BCUT2D eigenvalue weighted by molar-refractivity contribution is 0.159. The Morgan fingerprint density at radius 2 is 2.12 bits per heavy atom. The van der Waals surface area contributed by atoms with Crippen molar-refractivity contribution < 1.29 is 4.84 Å². The van der Waals surface area contributed by atoms with Gasteiger partial charge in [0.05, 0.1) is 0 Å². The molecule has 0 radical (unpaired) electrons. The molecule has 0 aliphatic carbocycles. The molecule has 1 aromatic heterocycles. The van der Waals surface area contributed by atoms with Crippen LogP contribution in [0.4, 0.5) is 0 Å². The number of hydrogen-bond acceptors (Lipinski definition) is 4. The Morgan fingerprint density at radius 1 is 1.35 bits per heavy atom. The minimum Gasteiger partial charge on any atom is -0.396 e. The molecule has 0 N–H and O–H groups in total. The average Bonchev–Trinajstić information content (AvgIpc) is 2.85. The average molecular weight is 246 g/mol. The van der Waals surface area contributed by atoms with Gasteiger partial charge < -0.3 is 4.84 Å². The second-order valence-electron chi connectivity index (χ2n) is 3.56. The van der Waals surface area contributed by atoms with E-state index in [2.05, 4.69) is 29.2 Å². The van der Waals surface area contributed by atoms with Gasteiger partial charge in [-0.25, -0.2) is 4.98 Å². The van der Waals surface area contributed by atoms with Gasteiger partial charge in [-0.3, -0.25) is 0 Å². The molecule has 0 spiro atoms. The first-order valence-electron chi connectivity index (χ1n) is 5.48. The summed E-state index contributed by atoms with van der Waals surface area (Å²) in [6.07, 6.45) is 1.77. The van der Waals surface area contributed by atoms with Gasteiger partial charge in [0.1, 0.15) is 17.3 Å². The smallest absolute Gasteiger partial charge is 0.145 e. The fourth-order valence-corrected chi connectivity index (χ4v) is 2.04. The number of thiazole rings is 1. The van der Waals surface area contributed by atoms with Gasteiger partial charge in [0.2, 0.25) is 0 Å². The molecule has 4 heteroatoms. The molecule has 0 fully saturated rings. The van der Waals surface area contributed by atoms with E-state index in [0.717, 1.165) is 16.3 Å². The van der Waals surface area contributed by atoms with E-state index in [-0.39, 0.29) is 0 Å². The third kappa shape index (κ3) is 2.91. The van der Waals surface area contributed by atoms with Crippen molar-refractivity contribution in [2.75, 3.05) is 6.61 Å². The Kier molecular flexibility index (Phi) is 3.88. The first kappa shape index (κ1) is 11.8. The van der Waals surface area contributed by atoms with Crippen LogP contribution in [-0.4, -0.2) is 17.3 Å². The van der Waals surface area contributed by atoms with E-state index in [1.165, 1.54) is 5.56 Å². The summed E-state index contributed by atoms with van der Waals surface area (Å²) in [7, 11) is 0. The first-order chi connectivity index (χ1) is 8.31. The zero-order valence-electron chi connectivity index (χ0n) is 9.88. The van der Waals surface area contributed by atoms with Crippen LogP contribution in [0.1, 0.15) is 23.1 Å². The molecule has 1 aromatic carbocycles. The number of aryl methyl sites for hydroxylation is 1. The number of benzene rings is 1. The van der Waals surface area contributed by atoms with Gasteiger partial charge in [-0.2, -0.15) is 0 Å². The summed E-state index contributed by atoms with van der Waals surface area (Å²) < 4.78 is 0. The number of oxime groups is 1. The number of rotatable bonds is 4. The normalized spacial score (nSPS) is 11.5. The Hall–Kier alpha value is -1.68. The Balaban J connectivity index is 2.37. The zero-order chi connectivity index (χ0) is 12.1. The van der Waals surface area contributed by atoms with Crippen molar-refractivity contribution in [3.05, 3.63) is 52.0 Å². The monoisotopic (exact) mass is 246 g/mol. The standard InChI is InChI=1S/C13H14N2OS/c1-3-16-15-12(13-14-8-9-17-13)11-6-4-10(2)5-7-11/h4-9H,3H2,1-2H3/b15-12+. The van der Waals surface area contributed by atoms with Gasteiger partial charge in [0, 0.05) is 17.1 Å². The van der Waals surface area contributed by atoms with Crippen molar-refractivity contribution >= 4 is 17.0 Å². The predicted octanol–water partition coefficient (Wildman–Crippen LogP) is 3.24. The van der Waals surface area contributed by atoms with Crippen LogP contribution in [0.2, 0.25) is 0 Å². The van der Waals surface area contributed by atoms with E-state index in [4.69, 9.17) is 4.84 Å². The van der Waals surface area contributed by atoms with E-state index in [0.29, 0.717) is 6.61 Å². The molecule has 2 rings (SSSR count). The Bertz CT molecular complexity index is 489. The van der Waals surface area contributed by atoms with Crippen LogP contribution in [0.5, 0.6) is 0 Å². The van der Waals surface area contributed by atoms with Gasteiger partial charge in [-0.05, 0) is 13.8 Å².